The molecule has 1 aromatic heterocycles. The molecule has 0 saturated carbocycles. The van der Waals surface area contributed by atoms with Gasteiger partial charge in [0, 0.05) is 25.2 Å². The number of ether oxygens (including phenoxy) is 1. The highest BCUT2D eigenvalue weighted by atomic mass is 35.5. The van der Waals surface area contributed by atoms with Crippen molar-refractivity contribution in [2.75, 3.05) is 31.2 Å². The molecule has 0 bridgehead atoms. The number of morpholine rings is 1. The van der Waals surface area contributed by atoms with Gasteiger partial charge in [0.1, 0.15) is 5.69 Å². The Morgan fingerprint density at radius 1 is 1.16 bits per heavy atom. The lowest BCUT2D eigenvalue weighted by Crippen LogP contribution is -2.36. The molecule has 1 N–H and O–H groups in total. The minimum absolute atomic E-state index is 0.0477. The highest BCUT2D eigenvalue weighted by Gasteiger charge is 2.17. The number of Topliss-reactive ketones (excluding diaryl/α,β-unsaturated/α-hetero) is 1. The number of ketones is 1. The summed E-state index contributed by atoms with van der Waals surface area (Å²) in [5.74, 6) is -0.466. The lowest BCUT2D eigenvalue weighted by molar-refractivity contribution is 0.105. The second-order valence-electron chi connectivity index (χ2n) is 7.54. The Balaban J connectivity index is 1.56. The SMILES string of the molecule is Cc1ccc(CC(=N)C(=O)c2cc(Cl)cnn2)cc1-c1cccc(N2CCOCC2)c1. The van der Waals surface area contributed by atoms with E-state index in [0.717, 1.165) is 48.6 Å². The van der Waals surface area contributed by atoms with Gasteiger partial charge in [-0.2, -0.15) is 5.10 Å². The molecular weight excluding hydrogens is 412 g/mol. The number of aromatic nitrogens is 2. The first kappa shape index (κ1) is 21.2. The van der Waals surface area contributed by atoms with E-state index in [9.17, 15) is 4.79 Å². The lowest BCUT2D eigenvalue weighted by Gasteiger charge is -2.29. The molecule has 0 aliphatic carbocycles. The fourth-order valence-electron chi connectivity index (χ4n) is 3.67. The van der Waals surface area contributed by atoms with Crippen LogP contribution < -0.4 is 4.90 Å². The molecular formula is C24H23ClN4O2. The van der Waals surface area contributed by atoms with Crippen molar-refractivity contribution < 1.29 is 9.53 Å². The standard InChI is InChI=1S/C24H23ClN4O2/c1-16-5-6-17(12-22(26)24(30)23-14-19(25)15-27-28-23)11-21(16)18-3-2-4-20(13-18)29-7-9-31-10-8-29/h2-6,11,13-15,26H,7-10,12H2,1H3. The van der Waals surface area contributed by atoms with Crippen molar-refractivity contribution in [3.05, 3.63) is 76.6 Å². The molecule has 7 heteroatoms. The molecule has 3 aromatic rings. The van der Waals surface area contributed by atoms with Gasteiger partial charge in [0.2, 0.25) is 5.78 Å². The molecule has 1 aliphatic rings. The molecule has 4 rings (SSSR count). The quantitative estimate of drug-likeness (QED) is 0.460. The van der Waals surface area contributed by atoms with Crippen LogP contribution in [0.15, 0.2) is 54.7 Å². The molecule has 1 fully saturated rings. The van der Waals surface area contributed by atoms with Crippen molar-refractivity contribution in [3.8, 4) is 11.1 Å². The molecule has 0 unspecified atom stereocenters. The van der Waals surface area contributed by atoms with Crippen LogP contribution in [0.1, 0.15) is 21.6 Å². The largest absolute Gasteiger partial charge is 0.378 e. The molecule has 0 amide bonds. The van der Waals surface area contributed by atoms with Crippen LogP contribution in [0.4, 0.5) is 5.69 Å². The van der Waals surface area contributed by atoms with Crippen LogP contribution in [0.3, 0.4) is 0 Å². The maximum Gasteiger partial charge on any atom is 0.227 e. The predicted octanol–water partition coefficient (Wildman–Crippen LogP) is 4.39. The molecule has 31 heavy (non-hydrogen) atoms. The second kappa shape index (κ2) is 9.37. The van der Waals surface area contributed by atoms with Crippen molar-refractivity contribution >= 4 is 28.8 Å². The van der Waals surface area contributed by atoms with Crippen LogP contribution in [0.25, 0.3) is 11.1 Å². The van der Waals surface area contributed by atoms with Gasteiger partial charge in [0.15, 0.2) is 0 Å². The van der Waals surface area contributed by atoms with E-state index >= 15 is 0 Å². The average molecular weight is 435 g/mol. The van der Waals surface area contributed by atoms with Crippen LogP contribution in [0, 0.1) is 12.3 Å². The van der Waals surface area contributed by atoms with Crippen LogP contribution in [0.2, 0.25) is 5.02 Å². The monoisotopic (exact) mass is 434 g/mol. The third kappa shape index (κ3) is 4.98. The summed E-state index contributed by atoms with van der Waals surface area (Å²) in [5, 5.41) is 16.1. The number of aryl methyl sites for hydroxylation is 1. The zero-order valence-electron chi connectivity index (χ0n) is 17.3. The van der Waals surface area contributed by atoms with Crippen molar-refractivity contribution in [1.82, 2.24) is 10.2 Å². The Morgan fingerprint density at radius 2 is 1.97 bits per heavy atom. The number of nitrogens with one attached hydrogen (secondary N) is 1. The van der Waals surface area contributed by atoms with E-state index in [1.807, 2.05) is 12.1 Å². The van der Waals surface area contributed by atoms with Gasteiger partial charge in [-0.25, -0.2) is 0 Å². The second-order valence-corrected chi connectivity index (χ2v) is 7.98. The zero-order valence-corrected chi connectivity index (χ0v) is 18.0. The van der Waals surface area contributed by atoms with Gasteiger partial charge in [-0.3, -0.25) is 4.79 Å². The third-order valence-corrected chi connectivity index (χ3v) is 5.55. The Hall–Kier alpha value is -3.09. The average Bonchev–Trinajstić information content (AvgIpc) is 2.80. The number of carbonyl (C=O) groups excluding carboxylic acids is 1. The fraction of sp³-hybridized carbons (Fsp3) is 0.250. The fourth-order valence-corrected chi connectivity index (χ4v) is 3.82. The molecule has 1 aliphatic heterocycles. The summed E-state index contributed by atoms with van der Waals surface area (Å²) >= 11 is 5.89. The number of anilines is 1. The summed E-state index contributed by atoms with van der Waals surface area (Å²) in [4.78, 5) is 14.9. The van der Waals surface area contributed by atoms with Crippen LogP contribution in [0.5, 0.6) is 0 Å². The number of rotatable bonds is 6. The normalized spacial score (nSPS) is 13.8. The van der Waals surface area contributed by atoms with Crippen molar-refractivity contribution in [1.29, 1.82) is 5.41 Å². The van der Waals surface area contributed by atoms with E-state index in [1.54, 1.807) is 0 Å². The molecule has 1 saturated heterocycles. The number of carbonyl (C=O) groups is 1. The maximum atomic E-state index is 12.5. The summed E-state index contributed by atoms with van der Waals surface area (Å²) in [6.45, 7) is 5.32. The molecule has 6 nitrogen and oxygen atoms in total. The topological polar surface area (TPSA) is 79.2 Å². The molecule has 0 atom stereocenters. The summed E-state index contributed by atoms with van der Waals surface area (Å²) in [7, 11) is 0. The van der Waals surface area contributed by atoms with E-state index in [4.69, 9.17) is 21.7 Å². The summed E-state index contributed by atoms with van der Waals surface area (Å²) < 4.78 is 5.46. The Kier molecular flexibility index (Phi) is 6.39. The van der Waals surface area contributed by atoms with Gasteiger partial charge < -0.3 is 15.0 Å². The Bertz CT molecular complexity index is 1130. The number of hydrogen-bond acceptors (Lipinski definition) is 6. The highest BCUT2D eigenvalue weighted by Crippen LogP contribution is 2.29. The van der Waals surface area contributed by atoms with Crippen molar-refractivity contribution in [3.63, 3.8) is 0 Å². The van der Waals surface area contributed by atoms with Gasteiger partial charge in [0.25, 0.3) is 0 Å². The van der Waals surface area contributed by atoms with Gasteiger partial charge in [-0.1, -0.05) is 41.9 Å². The Labute approximate surface area is 186 Å². The van der Waals surface area contributed by atoms with Crippen LogP contribution in [-0.4, -0.2) is 48.0 Å². The Morgan fingerprint density at radius 3 is 2.74 bits per heavy atom. The number of benzene rings is 2. The van der Waals surface area contributed by atoms with Crippen molar-refractivity contribution in [2.45, 2.75) is 13.3 Å². The molecule has 2 heterocycles. The van der Waals surface area contributed by atoms with E-state index in [-0.39, 0.29) is 17.8 Å². The maximum absolute atomic E-state index is 12.5. The van der Waals surface area contributed by atoms with E-state index in [1.165, 1.54) is 18.0 Å². The number of nitrogens with zero attached hydrogens (tertiary/aromatic N) is 3. The summed E-state index contributed by atoms with van der Waals surface area (Å²) in [6, 6.07) is 15.9. The van der Waals surface area contributed by atoms with Crippen molar-refractivity contribution in [2.24, 2.45) is 0 Å². The van der Waals surface area contributed by atoms with E-state index in [0.29, 0.717) is 5.02 Å². The zero-order chi connectivity index (χ0) is 21.8. The third-order valence-electron chi connectivity index (χ3n) is 5.34. The number of hydrogen-bond donors (Lipinski definition) is 1. The van der Waals surface area contributed by atoms with Gasteiger partial charge in [-0.05, 0) is 47.4 Å². The van der Waals surface area contributed by atoms with Gasteiger partial charge in [-0.15, -0.1) is 5.10 Å². The minimum atomic E-state index is -0.466. The molecule has 0 radical (unpaired) electrons. The van der Waals surface area contributed by atoms with Gasteiger partial charge >= 0.3 is 0 Å². The van der Waals surface area contributed by atoms with E-state index in [2.05, 4.69) is 52.4 Å². The first-order valence-corrected chi connectivity index (χ1v) is 10.5. The smallest absolute Gasteiger partial charge is 0.227 e. The number of halogens is 1. The van der Waals surface area contributed by atoms with Gasteiger partial charge in [0.05, 0.1) is 30.1 Å². The molecule has 158 valence electrons. The highest BCUT2D eigenvalue weighted by molar-refractivity contribution is 6.45. The molecule has 0 spiro atoms. The van der Waals surface area contributed by atoms with E-state index < -0.39 is 5.78 Å². The summed E-state index contributed by atoms with van der Waals surface area (Å²) in [6.07, 6.45) is 1.57. The first-order valence-electron chi connectivity index (χ1n) is 10.1. The minimum Gasteiger partial charge on any atom is -0.378 e. The van der Waals surface area contributed by atoms with Crippen LogP contribution >= 0.6 is 11.6 Å². The molecule has 2 aromatic carbocycles. The first-order chi connectivity index (χ1) is 15.0. The summed E-state index contributed by atoms with van der Waals surface area (Å²) in [5.41, 5.74) is 5.45. The van der Waals surface area contributed by atoms with Crippen LogP contribution in [-0.2, 0) is 11.2 Å². The lowest BCUT2D eigenvalue weighted by atomic mass is 9.95. The predicted molar refractivity (Wildman–Crippen MR) is 122 cm³/mol.